The Bertz CT molecular complexity index is 1330. The van der Waals surface area contributed by atoms with E-state index in [9.17, 15) is 0 Å². The Hall–Kier alpha value is -3.26. The lowest BCUT2D eigenvalue weighted by molar-refractivity contribution is -0.688. The van der Waals surface area contributed by atoms with Gasteiger partial charge in [0.05, 0.1) is 0 Å². The molecule has 2 nitrogen and oxygen atoms in total. The van der Waals surface area contributed by atoms with Gasteiger partial charge in [0.25, 0.3) is 0 Å². The zero-order valence-corrected chi connectivity index (χ0v) is 28.4. The first kappa shape index (κ1) is 31.7. The van der Waals surface area contributed by atoms with Gasteiger partial charge < -0.3 is 0 Å². The smallest absolute Gasteiger partial charge is 0.173 e. The molecule has 0 saturated carbocycles. The van der Waals surface area contributed by atoms with Crippen molar-refractivity contribution < 1.29 is 9.13 Å². The Kier molecular flexibility index (Phi) is 8.62. The summed E-state index contributed by atoms with van der Waals surface area (Å²) in [6.07, 6.45) is 8.84. The second-order valence-electron chi connectivity index (χ2n) is 16.4. The van der Waals surface area contributed by atoms with Gasteiger partial charge in [-0.15, -0.1) is 0 Å². The summed E-state index contributed by atoms with van der Waals surface area (Å²) in [5.41, 5.74) is 11.3. The van der Waals surface area contributed by atoms with Crippen molar-refractivity contribution >= 4 is 0 Å². The number of pyridine rings is 2. The van der Waals surface area contributed by atoms with E-state index in [4.69, 9.17) is 0 Å². The van der Waals surface area contributed by atoms with Gasteiger partial charge in [-0.05, 0) is 79.3 Å². The lowest BCUT2D eigenvalue weighted by Crippen LogP contribution is -2.34. The summed E-state index contributed by atoms with van der Waals surface area (Å²) in [7, 11) is 0. The fourth-order valence-electron chi connectivity index (χ4n) is 5.23. The molecule has 0 aliphatic carbocycles. The SMILES string of the molecule is CC(C)(C)c1cc(C[n+]2ccc(-c3cc[n+](Cc4cc(C(C)(C)C)cc(C(C)(C)C)c4)cc3)cc2)cc(C(C)(C)C)c1. The van der Waals surface area contributed by atoms with E-state index in [1.807, 2.05) is 0 Å². The zero-order chi connectivity index (χ0) is 31.1. The molecule has 0 saturated heterocycles. The molecule has 0 aliphatic heterocycles. The van der Waals surface area contributed by atoms with Crippen molar-refractivity contribution in [2.45, 2.75) is 118 Å². The van der Waals surface area contributed by atoms with Gasteiger partial charge in [-0.1, -0.05) is 95.2 Å². The molecule has 2 aromatic heterocycles. The molecule has 0 aliphatic rings. The molecule has 4 rings (SSSR count). The predicted molar refractivity (Wildman–Crippen MR) is 178 cm³/mol. The molecule has 2 heteroatoms. The standard InChI is InChI=1S/C40H54N2/c1-37(2,3)33-21-29(22-34(25-33)38(4,5)6)27-41-17-13-31(14-18-41)32-15-19-42(20-16-32)28-30-23-35(39(7,8)9)26-36(24-30)40(10,11)12/h13-26H,27-28H2,1-12H3/q+2. The van der Waals surface area contributed by atoms with E-state index in [-0.39, 0.29) is 21.7 Å². The maximum Gasteiger partial charge on any atom is 0.173 e. The van der Waals surface area contributed by atoms with Crippen LogP contribution in [0.3, 0.4) is 0 Å². The van der Waals surface area contributed by atoms with Gasteiger partial charge in [-0.2, -0.15) is 0 Å². The van der Waals surface area contributed by atoms with Crippen LogP contribution in [0.1, 0.15) is 116 Å². The van der Waals surface area contributed by atoms with Crippen LogP contribution in [-0.4, -0.2) is 0 Å². The van der Waals surface area contributed by atoms with Crippen LogP contribution < -0.4 is 9.13 Å². The summed E-state index contributed by atoms with van der Waals surface area (Å²) >= 11 is 0. The topological polar surface area (TPSA) is 7.76 Å². The van der Waals surface area contributed by atoms with Crippen molar-refractivity contribution in [3.8, 4) is 11.1 Å². The largest absolute Gasteiger partial charge is 0.201 e. The molecule has 0 bridgehead atoms. The molecule has 2 aromatic carbocycles. The first-order chi connectivity index (χ1) is 19.3. The van der Waals surface area contributed by atoms with E-state index in [1.54, 1.807) is 0 Å². The summed E-state index contributed by atoms with van der Waals surface area (Å²) in [5, 5.41) is 0. The Morgan fingerprint density at radius 3 is 0.833 bits per heavy atom. The van der Waals surface area contributed by atoms with Crippen LogP contribution in [0.15, 0.2) is 85.5 Å². The molecule has 0 fully saturated rings. The highest BCUT2D eigenvalue weighted by molar-refractivity contribution is 5.61. The molecule has 4 aromatic rings. The summed E-state index contributed by atoms with van der Waals surface area (Å²) in [6, 6.07) is 23.3. The predicted octanol–water partition coefficient (Wildman–Crippen LogP) is 9.22. The second-order valence-corrected chi connectivity index (χ2v) is 16.4. The number of nitrogens with zero attached hydrogens (tertiary/aromatic N) is 2. The fourth-order valence-corrected chi connectivity index (χ4v) is 5.23. The van der Waals surface area contributed by atoms with E-state index >= 15 is 0 Å². The molecule has 0 radical (unpaired) electrons. The molecule has 0 N–H and O–H groups in total. The van der Waals surface area contributed by atoms with E-state index in [1.165, 1.54) is 44.5 Å². The summed E-state index contributed by atoms with van der Waals surface area (Å²) in [5.74, 6) is 0. The second kappa shape index (κ2) is 11.4. The molecule has 2 heterocycles. The highest BCUT2D eigenvalue weighted by atomic mass is 14.9. The first-order valence-corrected chi connectivity index (χ1v) is 15.6. The van der Waals surface area contributed by atoms with Gasteiger partial charge in [0.15, 0.2) is 37.9 Å². The van der Waals surface area contributed by atoms with Crippen LogP contribution in [0.2, 0.25) is 0 Å². The molecular weight excluding hydrogens is 508 g/mol. The third kappa shape index (κ3) is 7.97. The van der Waals surface area contributed by atoms with Crippen LogP contribution in [0, 0.1) is 0 Å². The lowest BCUT2D eigenvalue weighted by atomic mass is 9.79. The molecule has 222 valence electrons. The maximum absolute atomic E-state index is 2.39. The van der Waals surface area contributed by atoms with Crippen molar-refractivity contribution in [1.29, 1.82) is 0 Å². The molecule has 0 spiro atoms. The van der Waals surface area contributed by atoms with Gasteiger partial charge >= 0.3 is 0 Å². The third-order valence-electron chi connectivity index (χ3n) is 8.30. The van der Waals surface area contributed by atoms with Crippen molar-refractivity contribution in [1.82, 2.24) is 0 Å². The average Bonchev–Trinajstić information content (AvgIpc) is 2.87. The summed E-state index contributed by atoms with van der Waals surface area (Å²) in [4.78, 5) is 0. The van der Waals surface area contributed by atoms with E-state index in [2.05, 4.69) is 178 Å². The first-order valence-electron chi connectivity index (χ1n) is 15.6. The minimum atomic E-state index is 0.124. The summed E-state index contributed by atoms with van der Waals surface area (Å²) in [6.45, 7) is 29.4. The van der Waals surface area contributed by atoms with Crippen molar-refractivity contribution in [3.05, 3.63) is 119 Å². The van der Waals surface area contributed by atoms with Gasteiger partial charge in [-0.25, -0.2) is 9.13 Å². The van der Waals surface area contributed by atoms with Gasteiger partial charge in [0.1, 0.15) is 0 Å². The number of aromatic nitrogens is 2. The Labute approximate surface area is 256 Å². The molecule has 0 unspecified atom stereocenters. The zero-order valence-electron chi connectivity index (χ0n) is 28.4. The molecular formula is C40H54N2+2. The van der Waals surface area contributed by atoms with Gasteiger partial charge in [0.2, 0.25) is 0 Å². The van der Waals surface area contributed by atoms with E-state index < -0.39 is 0 Å². The Balaban J connectivity index is 1.52. The van der Waals surface area contributed by atoms with Gasteiger partial charge in [0, 0.05) is 35.4 Å². The van der Waals surface area contributed by atoms with Crippen LogP contribution in [0.4, 0.5) is 0 Å². The van der Waals surface area contributed by atoms with E-state index in [0.29, 0.717) is 0 Å². The van der Waals surface area contributed by atoms with E-state index in [0.717, 1.165) is 13.1 Å². The normalized spacial score (nSPS) is 13.0. The van der Waals surface area contributed by atoms with Crippen molar-refractivity contribution in [2.24, 2.45) is 0 Å². The fraction of sp³-hybridized carbons (Fsp3) is 0.450. The number of hydrogen-bond acceptors (Lipinski definition) is 0. The van der Waals surface area contributed by atoms with Crippen molar-refractivity contribution in [3.63, 3.8) is 0 Å². The van der Waals surface area contributed by atoms with Crippen LogP contribution in [0.25, 0.3) is 11.1 Å². The highest BCUT2D eigenvalue weighted by Gasteiger charge is 2.23. The van der Waals surface area contributed by atoms with Crippen molar-refractivity contribution in [2.75, 3.05) is 0 Å². The lowest BCUT2D eigenvalue weighted by Gasteiger charge is -2.25. The third-order valence-corrected chi connectivity index (χ3v) is 8.30. The van der Waals surface area contributed by atoms with Crippen LogP contribution in [-0.2, 0) is 34.7 Å². The molecule has 0 amide bonds. The summed E-state index contributed by atoms with van der Waals surface area (Å²) < 4.78 is 4.58. The Morgan fingerprint density at radius 1 is 0.381 bits per heavy atom. The minimum absolute atomic E-state index is 0.124. The Morgan fingerprint density at radius 2 is 0.619 bits per heavy atom. The molecule has 42 heavy (non-hydrogen) atoms. The maximum atomic E-state index is 2.39. The van der Waals surface area contributed by atoms with Crippen LogP contribution in [0.5, 0.6) is 0 Å². The monoisotopic (exact) mass is 562 g/mol. The highest BCUT2D eigenvalue weighted by Crippen LogP contribution is 2.31. The van der Waals surface area contributed by atoms with Gasteiger partial charge in [-0.3, -0.25) is 0 Å². The molecule has 0 atom stereocenters. The van der Waals surface area contributed by atoms with Crippen LogP contribution >= 0.6 is 0 Å². The number of rotatable bonds is 5. The number of benzene rings is 2. The quantitative estimate of drug-likeness (QED) is 0.214. The minimum Gasteiger partial charge on any atom is -0.201 e. The average molecular weight is 563 g/mol. The number of hydrogen-bond donors (Lipinski definition) is 0.